The standard InChI is InChI=1S/C24H20N2O10S/c1-14-17(22(30)20-16(21(14)29)9-5-10-18(20)27)13-19(28)34-11-6-12-35-23-24(26(31)36-25-23)37(32,33)15-7-3-2-4-8-15/h2-5,7-10,27H,6,11-13H2,1H3. The summed E-state index contributed by atoms with van der Waals surface area (Å²) >= 11 is 0. The summed E-state index contributed by atoms with van der Waals surface area (Å²) in [5.74, 6) is -2.79. The van der Waals surface area contributed by atoms with Crippen molar-refractivity contribution in [1.29, 1.82) is 0 Å². The lowest BCUT2D eigenvalue weighted by molar-refractivity contribution is -0.832. The molecule has 0 amide bonds. The number of sulfone groups is 1. The van der Waals surface area contributed by atoms with Gasteiger partial charge in [0.2, 0.25) is 0 Å². The Labute approximate surface area is 210 Å². The van der Waals surface area contributed by atoms with Gasteiger partial charge in [0.1, 0.15) is 5.75 Å². The number of allylic oxidation sites excluding steroid dienone is 1. The molecule has 0 bridgehead atoms. The van der Waals surface area contributed by atoms with Crippen LogP contribution in [0.15, 0.2) is 74.2 Å². The molecule has 2 aromatic carbocycles. The minimum atomic E-state index is -4.27. The van der Waals surface area contributed by atoms with Crippen LogP contribution in [0.5, 0.6) is 11.6 Å². The summed E-state index contributed by atoms with van der Waals surface area (Å²) in [5, 5.41) is 24.4. The van der Waals surface area contributed by atoms with E-state index in [-0.39, 0.29) is 57.5 Å². The smallest absolute Gasteiger partial charge is 0.414 e. The fourth-order valence-corrected chi connectivity index (χ4v) is 4.99. The van der Waals surface area contributed by atoms with Crippen LogP contribution in [0.1, 0.15) is 40.5 Å². The second-order valence-corrected chi connectivity index (χ2v) is 9.78. The van der Waals surface area contributed by atoms with Crippen LogP contribution in [-0.2, 0) is 19.4 Å². The number of aromatic hydroxyl groups is 1. The van der Waals surface area contributed by atoms with Gasteiger partial charge in [0.05, 0.1) is 35.3 Å². The van der Waals surface area contributed by atoms with Crippen LogP contribution in [0.25, 0.3) is 0 Å². The van der Waals surface area contributed by atoms with E-state index in [2.05, 4.69) is 9.79 Å². The second-order valence-electron chi connectivity index (χ2n) is 7.92. The minimum absolute atomic E-state index is 0.0673. The van der Waals surface area contributed by atoms with Crippen LogP contribution in [0.4, 0.5) is 0 Å². The molecule has 0 saturated carbocycles. The van der Waals surface area contributed by atoms with Gasteiger partial charge >= 0.3 is 16.9 Å². The van der Waals surface area contributed by atoms with Crippen LogP contribution in [0, 0.1) is 5.21 Å². The summed E-state index contributed by atoms with van der Waals surface area (Å²) in [6.07, 6.45) is -0.402. The molecule has 3 aromatic rings. The number of hydrogen-bond donors (Lipinski definition) is 1. The first-order valence-electron chi connectivity index (χ1n) is 10.9. The van der Waals surface area contributed by atoms with Gasteiger partial charge in [-0.1, -0.05) is 30.3 Å². The largest absolute Gasteiger partial charge is 0.507 e. The number of carbonyl (C=O) groups excluding carboxylic acids is 3. The Bertz CT molecular complexity index is 1520. The van der Waals surface area contributed by atoms with Crippen molar-refractivity contribution in [2.24, 2.45) is 0 Å². The molecule has 1 aliphatic carbocycles. The molecule has 13 heteroatoms. The summed E-state index contributed by atoms with van der Waals surface area (Å²) in [6.45, 7) is 1.06. The molecule has 1 heterocycles. The molecule has 4 rings (SSSR count). The Balaban J connectivity index is 1.33. The molecular formula is C24H20N2O10S. The number of hydrogen-bond acceptors (Lipinski definition) is 11. The number of phenols is 1. The predicted molar refractivity (Wildman–Crippen MR) is 123 cm³/mol. The number of carbonyl (C=O) groups is 3. The first-order chi connectivity index (χ1) is 17.6. The molecular weight excluding hydrogens is 508 g/mol. The second kappa shape index (κ2) is 10.2. The number of phenolic OH excluding ortho intramolecular Hbond substituents is 1. The summed E-state index contributed by atoms with van der Waals surface area (Å²) in [6, 6.07) is 11.3. The highest BCUT2D eigenvalue weighted by atomic mass is 32.2. The normalized spacial score (nSPS) is 13.4. The zero-order chi connectivity index (χ0) is 26.7. The van der Waals surface area contributed by atoms with E-state index >= 15 is 0 Å². The molecule has 0 atom stereocenters. The SMILES string of the molecule is CC1=C(CC(=O)OCCCOc2no[n+]([O-])c2S(=O)(=O)c2ccccc2)C(=O)c2c(O)cccc2C1=O. The van der Waals surface area contributed by atoms with Gasteiger partial charge in [0.25, 0.3) is 9.84 Å². The predicted octanol–water partition coefficient (Wildman–Crippen LogP) is 1.94. The van der Waals surface area contributed by atoms with Crippen molar-refractivity contribution in [3.8, 4) is 11.6 Å². The average molecular weight is 528 g/mol. The summed E-state index contributed by atoms with van der Waals surface area (Å²) in [7, 11) is -4.27. The third-order valence-electron chi connectivity index (χ3n) is 5.55. The molecule has 1 aliphatic rings. The lowest BCUT2D eigenvalue weighted by atomic mass is 9.83. The number of esters is 1. The molecule has 0 fully saturated rings. The Morgan fingerprint density at radius 3 is 2.54 bits per heavy atom. The quantitative estimate of drug-likeness (QED) is 0.244. The number of ether oxygens (including phenoxy) is 2. The maximum Gasteiger partial charge on any atom is 0.414 e. The number of benzene rings is 2. The summed E-state index contributed by atoms with van der Waals surface area (Å²) in [4.78, 5) is 37.2. The zero-order valence-electron chi connectivity index (χ0n) is 19.4. The molecule has 0 saturated heterocycles. The highest BCUT2D eigenvalue weighted by Gasteiger charge is 2.36. The van der Waals surface area contributed by atoms with Crippen molar-refractivity contribution in [3.63, 3.8) is 0 Å². The molecule has 0 aliphatic heterocycles. The van der Waals surface area contributed by atoms with Gasteiger partial charge in [-0.05, 0) is 30.0 Å². The van der Waals surface area contributed by atoms with E-state index in [1.807, 2.05) is 0 Å². The first-order valence-corrected chi connectivity index (χ1v) is 12.4. The van der Waals surface area contributed by atoms with Crippen LogP contribution in [-0.4, -0.2) is 49.4 Å². The maximum absolute atomic E-state index is 12.8. The van der Waals surface area contributed by atoms with Gasteiger partial charge in [0.15, 0.2) is 11.6 Å². The molecule has 0 spiro atoms. The van der Waals surface area contributed by atoms with Crippen molar-refractivity contribution in [1.82, 2.24) is 5.16 Å². The Morgan fingerprint density at radius 2 is 1.81 bits per heavy atom. The topological polar surface area (TPSA) is 177 Å². The fraction of sp³-hybridized carbons (Fsp3) is 0.208. The third-order valence-corrected chi connectivity index (χ3v) is 7.27. The van der Waals surface area contributed by atoms with Crippen LogP contribution >= 0.6 is 0 Å². The fourth-order valence-electron chi connectivity index (χ4n) is 3.69. The van der Waals surface area contributed by atoms with Crippen LogP contribution < -0.4 is 9.64 Å². The highest BCUT2D eigenvalue weighted by molar-refractivity contribution is 7.91. The van der Waals surface area contributed by atoms with Crippen molar-refractivity contribution in [3.05, 3.63) is 76.0 Å². The van der Waals surface area contributed by atoms with Gasteiger partial charge in [-0.2, -0.15) is 0 Å². The number of Topliss-reactive ketones (excluding diaryl/α,β-unsaturated/α-hetero) is 2. The number of ketones is 2. The Hall–Kier alpha value is -4.52. The Morgan fingerprint density at radius 1 is 1.08 bits per heavy atom. The number of fused-ring (bicyclic) bond motifs is 1. The van der Waals surface area contributed by atoms with Crippen LogP contribution in [0.2, 0.25) is 0 Å². The molecule has 192 valence electrons. The van der Waals surface area contributed by atoms with Gasteiger partial charge in [0, 0.05) is 23.1 Å². The molecule has 12 nitrogen and oxygen atoms in total. The zero-order valence-corrected chi connectivity index (χ0v) is 20.2. The highest BCUT2D eigenvalue weighted by Crippen LogP contribution is 2.33. The van der Waals surface area contributed by atoms with Gasteiger partial charge < -0.3 is 19.8 Å². The van der Waals surface area contributed by atoms with E-state index in [1.54, 1.807) is 6.07 Å². The van der Waals surface area contributed by atoms with Gasteiger partial charge in [-0.3, -0.25) is 19.0 Å². The molecule has 0 unspecified atom stereocenters. The monoisotopic (exact) mass is 528 g/mol. The van der Waals surface area contributed by atoms with Crippen molar-refractivity contribution in [2.75, 3.05) is 13.2 Å². The molecule has 0 radical (unpaired) electrons. The van der Waals surface area contributed by atoms with E-state index < -0.39 is 44.7 Å². The van der Waals surface area contributed by atoms with E-state index in [4.69, 9.17) is 9.47 Å². The lowest BCUT2D eigenvalue weighted by Crippen LogP contribution is -2.31. The van der Waals surface area contributed by atoms with E-state index in [9.17, 15) is 33.1 Å². The molecule has 1 aromatic heterocycles. The molecule has 1 N–H and O–H groups in total. The van der Waals surface area contributed by atoms with E-state index in [0.29, 0.717) is 0 Å². The number of nitrogens with zero attached hydrogens (tertiary/aromatic N) is 2. The van der Waals surface area contributed by atoms with Crippen LogP contribution in [0.3, 0.4) is 0 Å². The first kappa shape index (κ1) is 25.6. The summed E-state index contributed by atoms with van der Waals surface area (Å²) in [5.41, 5.74) is -0.0671. The van der Waals surface area contributed by atoms with Gasteiger partial charge in [-0.15, -0.1) is 0 Å². The number of aromatic nitrogens is 2. The van der Waals surface area contributed by atoms with Crippen molar-refractivity contribution >= 4 is 27.4 Å². The molecule has 37 heavy (non-hydrogen) atoms. The van der Waals surface area contributed by atoms with E-state index in [1.165, 1.54) is 49.4 Å². The number of rotatable bonds is 9. The van der Waals surface area contributed by atoms with Crippen molar-refractivity contribution < 1.29 is 46.9 Å². The van der Waals surface area contributed by atoms with Crippen molar-refractivity contribution in [2.45, 2.75) is 29.7 Å². The average Bonchev–Trinajstić information content (AvgIpc) is 3.26. The maximum atomic E-state index is 12.8. The summed E-state index contributed by atoms with van der Waals surface area (Å²) < 4.78 is 40.2. The minimum Gasteiger partial charge on any atom is -0.507 e. The lowest BCUT2D eigenvalue weighted by Gasteiger charge is -2.19. The third kappa shape index (κ3) is 4.93. The Kier molecular flexibility index (Phi) is 7.07. The van der Waals surface area contributed by atoms with E-state index in [0.717, 1.165) is 0 Å². The van der Waals surface area contributed by atoms with Gasteiger partial charge in [-0.25, -0.2) is 8.42 Å².